The number of amides is 1. The quantitative estimate of drug-likeness (QED) is 0.789. The van der Waals surface area contributed by atoms with Crippen molar-refractivity contribution >= 4 is 5.91 Å². The lowest BCUT2D eigenvalue weighted by atomic mass is 9.99. The molecule has 1 aliphatic rings. The van der Waals surface area contributed by atoms with Crippen molar-refractivity contribution in [2.75, 3.05) is 19.6 Å². The van der Waals surface area contributed by atoms with E-state index in [-0.39, 0.29) is 11.7 Å². The molecule has 1 aromatic carbocycles. The standard InChI is InChI=1S/C14H20N2O2/c1-2-15-7-5-14(18)16-8-6-11-3-4-13(17)9-12(11)10-16/h3-4,9,15,17H,2,5-8,10H2,1H3. The third kappa shape index (κ3) is 3.01. The van der Waals surface area contributed by atoms with Crippen LogP contribution in [0.5, 0.6) is 5.75 Å². The van der Waals surface area contributed by atoms with Crippen LogP contribution in [0.15, 0.2) is 18.2 Å². The minimum Gasteiger partial charge on any atom is -0.508 e. The predicted octanol–water partition coefficient (Wildman–Crippen LogP) is 1.28. The first-order chi connectivity index (χ1) is 8.70. The van der Waals surface area contributed by atoms with Gasteiger partial charge < -0.3 is 15.3 Å². The van der Waals surface area contributed by atoms with Crippen LogP contribution >= 0.6 is 0 Å². The SMILES string of the molecule is CCNCCC(=O)N1CCc2ccc(O)cc2C1. The number of fused-ring (bicyclic) bond motifs is 1. The molecule has 0 saturated carbocycles. The molecule has 0 radical (unpaired) electrons. The van der Waals surface area contributed by atoms with E-state index < -0.39 is 0 Å². The Morgan fingerprint density at radius 2 is 2.28 bits per heavy atom. The molecule has 0 fully saturated rings. The molecule has 0 unspecified atom stereocenters. The summed E-state index contributed by atoms with van der Waals surface area (Å²) in [6.45, 7) is 5.06. The number of nitrogens with zero attached hydrogens (tertiary/aromatic N) is 1. The minimum atomic E-state index is 0.185. The largest absolute Gasteiger partial charge is 0.508 e. The number of carbonyl (C=O) groups is 1. The Kier molecular flexibility index (Phi) is 4.20. The van der Waals surface area contributed by atoms with E-state index in [9.17, 15) is 9.90 Å². The molecule has 4 nitrogen and oxygen atoms in total. The van der Waals surface area contributed by atoms with E-state index in [1.165, 1.54) is 5.56 Å². The summed E-state index contributed by atoms with van der Waals surface area (Å²) in [4.78, 5) is 13.9. The zero-order valence-electron chi connectivity index (χ0n) is 10.8. The fraction of sp³-hybridized carbons (Fsp3) is 0.500. The van der Waals surface area contributed by atoms with Gasteiger partial charge in [-0.2, -0.15) is 0 Å². The molecule has 18 heavy (non-hydrogen) atoms. The lowest BCUT2D eigenvalue weighted by Crippen LogP contribution is -2.37. The van der Waals surface area contributed by atoms with Crippen LogP contribution in [0, 0.1) is 0 Å². The van der Waals surface area contributed by atoms with Gasteiger partial charge in [-0.25, -0.2) is 0 Å². The third-order valence-corrected chi connectivity index (χ3v) is 3.32. The molecule has 0 aliphatic carbocycles. The summed E-state index contributed by atoms with van der Waals surface area (Å²) in [6, 6.07) is 5.42. The lowest BCUT2D eigenvalue weighted by Gasteiger charge is -2.29. The van der Waals surface area contributed by atoms with Gasteiger partial charge in [-0.1, -0.05) is 13.0 Å². The number of phenols is 1. The maximum atomic E-state index is 12.0. The smallest absolute Gasteiger partial charge is 0.224 e. The van der Waals surface area contributed by atoms with Gasteiger partial charge in [0, 0.05) is 26.1 Å². The average molecular weight is 248 g/mol. The topological polar surface area (TPSA) is 52.6 Å². The van der Waals surface area contributed by atoms with E-state index in [0.29, 0.717) is 13.0 Å². The van der Waals surface area contributed by atoms with E-state index in [4.69, 9.17) is 0 Å². The van der Waals surface area contributed by atoms with Crippen molar-refractivity contribution in [1.29, 1.82) is 0 Å². The average Bonchev–Trinajstić information content (AvgIpc) is 2.38. The van der Waals surface area contributed by atoms with Crippen LogP contribution in [0.4, 0.5) is 0 Å². The lowest BCUT2D eigenvalue weighted by molar-refractivity contribution is -0.132. The fourth-order valence-corrected chi connectivity index (χ4v) is 2.29. The summed E-state index contributed by atoms with van der Waals surface area (Å²) in [7, 11) is 0. The van der Waals surface area contributed by atoms with Gasteiger partial charge in [0.15, 0.2) is 0 Å². The number of hydrogen-bond donors (Lipinski definition) is 2. The second-order valence-electron chi connectivity index (χ2n) is 4.62. The maximum Gasteiger partial charge on any atom is 0.224 e. The first-order valence-electron chi connectivity index (χ1n) is 6.50. The second kappa shape index (κ2) is 5.87. The highest BCUT2D eigenvalue weighted by molar-refractivity contribution is 5.76. The van der Waals surface area contributed by atoms with Gasteiger partial charge in [-0.15, -0.1) is 0 Å². The van der Waals surface area contributed by atoms with Gasteiger partial charge >= 0.3 is 0 Å². The summed E-state index contributed by atoms with van der Waals surface area (Å²) in [5.41, 5.74) is 2.31. The number of carbonyl (C=O) groups excluding carboxylic acids is 1. The van der Waals surface area contributed by atoms with Crippen molar-refractivity contribution in [1.82, 2.24) is 10.2 Å². The number of phenolic OH excluding ortho intramolecular Hbond substituents is 1. The molecule has 0 bridgehead atoms. The third-order valence-electron chi connectivity index (χ3n) is 3.32. The molecular weight excluding hydrogens is 228 g/mol. The maximum absolute atomic E-state index is 12.0. The van der Waals surface area contributed by atoms with Crippen LogP contribution in [-0.2, 0) is 17.8 Å². The molecule has 1 amide bonds. The van der Waals surface area contributed by atoms with Gasteiger partial charge in [0.05, 0.1) is 0 Å². The number of rotatable bonds is 4. The molecule has 0 atom stereocenters. The van der Waals surface area contributed by atoms with Crippen molar-refractivity contribution in [2.45, 2.75) is 26.3 Å². The fourth-order valence-electron chi connectivity index (χ4n) is 2.29. The highest BCUT2D eigenvalue weighted by Gasteiger charge is 2.20. The van der Waals surface area contributed by atoms with Crippen molar-refractivity contribution in [3.63, 3.8) is 0 Å². The van der Waals surface area contributed by atoms with Crippen molar-refractivity contribution in [2.24, 2.45) is 0 Å². The molecule has 0 aromatic heterocycles. The summed E-state index contributed by atoms with van der Waals surface area (Å²) in [5.74, 6) is 0.459. The van der Waals surface area contributed by atoms with Crippen molar-refractivity contribution < 1.29 is 9.90 Å². The van der Waals surface area contributed by atoms with E-state index in [1.54, 1.807) is 12.1 Å². The zero-order valence-corrected chi connectivity index (χ0v) is 10.8. The normalized spacial score (nSPS) is 14.4. The Labute approximate surface area is 108 Å². The number of nitrogens with one attached hydrogen (secondary N) is 1. The van der Waals surface area contributed by atoms with Crippen LogP contribution in [-0.4, -0.2) is 35.5 Å². The first-order valence-corrected chi connectivity index (χ1v) is 6.50. The van der Waals surface area contributed by atoms with Crippen LogP contribution in [0.2, 0.25) is 0 Å². The molecule has 1 aromatic rings. The summed E-state index contributed by atoms with van der Waals surface area (Å²) < 4.78 is 0. The Morgan fingerprint density at radius 1 is 1.44 bits per heavy atom. The number of aromatic hydroxyl groups is 1. The van der Waals surface area contributed by atoms with E-state index in [2.05, 4.69) is 5.32 Å². The van der Waals surface area contributed by atoms with E-state index in [1.807, 2.05) is 17.9 Å². The van der Waals surface area contributed by atoms with Crippen LogP contribution < -0.4 is 5.32 Å². The minimum absolute atomic E-state index is 0.185. The molecule has 4 heteroatoms. The molecular formula is C14H20N2O2. The number of benzene rings is 1. The Hall–Kier alpha value is -1.55. The zero-order chi connectivity index (χ0) is 13.0. The van der Waals surface area contributed by atoms with Gasteiger partial charge in [0.2, 0.25) is 5.91 Å². The number of hydrogen-bond acceptors (Lipinski definition) is 3. The molecule has 0 saturated heterocycles. The molecule has 2 rings (SSSR count). The van der Waals surface area contributed by atoms with Crippen LogP contribution in [0.1, 0.15) is 24.5 Å². The Bertz CT molecular complexity index is 432. The molecule has 2 N–H and O–H groups in total. The molecule has 1 aliphatic heterocycles. The highest BCUT2D eigenvalue weighted by atomic mass is 16.3. The van der Waals surface area contributed by atoms with E-state index >= 15 is 0 Å². The van der Waals surface area contributed by atoms with Gasteiger partial charge in [0.25, 0.3) is 0 Å². The second-order valence-corrected chi connectivity index (χ2v) is 4.62. The summed E-state index contributed by atoms with van der Waals surface area (Å²) >= 11 is 0. The van der Waals surface area contributed by atoms with Crippen LogP contribution in [0.25, 0.3) is 0 Å². The summed E-state index contributed by atoms with van der Waals surface area (Å²) in [6.07, 6.45) is 1.42. The predicted molar refractivity (Wildman–Crippen MR) is 70.4 cm³/mol. The highest BCUT2D eigenvalue weighted by Crippen LogP contribution is 2.23. The molecule has 0 spiro atoms. The van der Waals surface area contributed by atoms with E-state index in [0.717, 1.165) is 31.6 Å². The van der Waals surface area contributed by atoms with Crippen LogP contribution in [0.3, 0.4) is 0 Å². The molecule has 98 valence electrons. The monoisotopic (exact) mass is 248 g/mol. The van der Waals surface area contributed by atoms with Gasteiger partial charge in [0.1, 0.15) is 5.75 Å². The van der Waals surface area contributed by atoms with Gasteiger partial charge in [-0.05, 0) is 36.2 Å². The van der Waals surface area contributed by atoms with Crippen molar-refractivity contribution in [3.8, 4) is 5.75 Å². The van der Waals surface area contributed by atoms with Crippen molar-refractivity contribution in [3.05, 3.63) is 29.3 Å². The van der Waals surface area contributed by atoms with Gasteiger partial charge in [-0.3, -0.25) is 4.79 Å². The molecule has 1 heterocycles. The Balaban J connectivity index is 1.96. The summed E-state index contributed by atoms with van der Waals surface area (Å²) in [5, 5.41) is 12.6. The first kappa shape index (κ1) is 12.9. The Morgan fingerprint density at radius 3 is 3.06 bits per heavy atom.